The number of sulfonamides is 1. The van der Waals surface area contributed by atoms with Crippen LogP contribution >= 0.6 is 0 Å². The quantitative estimate of drug-likeness (QED) is 0.798. The zero-order valence-electron chi connectivity index (χ0n) is 15.8. The highest BCUT2D eigenvalue weighted by molar-refractivity contribution is 7.89. The van der Waals surface area contributed by atoms with Gasteiger partial charge in [-0.25, -0.2) is 12.8 Å². The van der Waals surface area contributed by atoms with Crippen LogP contribution in [0.1, 0.15) is 15.9 Å². The minimum atomic E-state index is -3.49. The van der Waals surface area contributed by atoms with Crippen molar-refractivity contribution < 1.29 is 17.6 Å². The summed E-state index contributed by atoms with van der Waals surface area (Å²) in [5, 5.41) is 2.67. The van der Waals surface area contributed by atoms with Crippen LogP contribution in [0.15, 0.2) is 48.5 Å². The van der Waals surface area contributed by atoms with Gasteiger partial charge in [-0.3, -0.25) is 4.79 Å². The number of nitrogens with one attached hydrogen (secondary N) is 1. The van der Waals surface area contributed by atoms with E-state index in [1.54, 1.807) is 30.3 Å². The topological polar surface area (TPSA) is 69.7 Å². The van der Waals surface area contributed by atoms with Gasteiger partial charge in [0.15, 0.2) is 0 Å². The maximum Gasteiger partial charge on any atom is 0.251 e. The molecule has 0 spiro atoms. The average molecular weight is 405 g/mol. The summed E-state index contributed by atoms with van der Waals surface area (Å²) < 4.78 is 40.4. The maximum atomic E-state index is 13.9. The van der Waals surface area contributed by atoms with Crippen molar-refractivity contribution in [2.45, 2.75) is 6.92 Å². The first-order chi connectivity index (χ1) is 13.4. The third-order valence-electron chi connectivity index (χ3n) is 4.86. The molecule has 0 radical (unpaired) electrons. The molecule has 1 aliphatic heterocycles. The summed E-state index contributed by atoms with van der Waals surface area (Å²) in [7, 11) is -3.49. The summed E-state index contributed by atoms with van der Waals surface area (Å²) in [6.45, 7) is 3.32. The number of hydrogen-bond donors (Lipinski definition) is 1. The number of piperazine rings is 1. The summed E-state index contributed by atoms with van der Waals surface area (Å²) in [4.78, 5) is 14.0. The van der Waals surface area contributed by atoms with Gasteiger partial charge < -0.3 is 10.2 Å². The molecule has 0 bridgehead atoms. The Balaban J connectivity index is 1.51. The monoisotopic (exact) mass is 405 g/mol. The van der Waals surface area contributed by atoms with Gasteiger partial charge in [-0.1, -0.05) is 30.3 Å². The molecule has 0 saturated carbocycles. The van der Waals surface area contributed by atoms with Crippen LogP contribution in [0, 0.1) is 12.7 Å². The van der Waals surface area contributed by atoms with Crippen LogP contribution in [0.2, 0.25) is 0 Å². The van der Waals surface area contributed by atoms with Crippen molar-refractivity contribution in [3.8, 4) is 0 Å². The van der Waals surface area contributed by atoms with E-state index in [0.29, 0.717) is 37.4 Å². The lowest BCUT2D eigenvalue weighted by molar-refractivity contribution is 0.0955. The molecular formula is C20H24FN3O3S. The molecule has 0 atom stereocenters. The first kappa shape index (κ1) is 20.3. The number of carbonyl (C=O) groups excluding carboxylic acids is 1. The van der Waals surface area contributed by atoms with Crippen LogP contribution < -0.4 is 10.2 Å². The molecule has 2 aromatic rings. The minimum Gasteiger partial charge on any atom is -0.367 e. The highest BCUT2D eigenvalue weighted by Gasteiger charge is 2.27. The fourth-order valence-corrected chi connectivity index (χ4v) is 4.60. The number of rotatable bonds is 6. The van der Waals surface area contributed by atoms with Crippen molar-refractivity contribution in [2.24, 2.45) is 0 Å². The number of halogens is 1. The predicted octanol–water partition coefficient (Wildman–Crippen LogP) is 2.02. The SMILES string of the molecule is Cc1ccccc1C(=O)NCCS(=O)(=O)N1CCN(c2ccccc2F)CC1. The fraction of sp³-hybridized carbons (Fsp3) is 0.350. The zero-order chi connectivity index (χ0) is 20.1. The molecule has 6 nitrogen and oxygen atoms in total. The van der Waals surface area contributed by atoms with Crippen LogP contribution in [0.3, 0.4) is 0 Å². The fourth-order valence-electron chi connectivity index (χ4n) is 3.26. The molecule has 8 heteroatoms. The average Bonchev–Trinajstić information content (AvgIpc) is 2.68. The first-order valence-electron chi connectivity index (χ1n) is 9.19. The molecule has 28 heavy (non-hydrogen) atoms. The Kier molecular flexibility index (Phi) is 6.31. The summed E-state index contributed by atoms with van der Waals surface area (Å²) in [5.74, 6) is -0.750. The van der Waals surface area contributed by atoms with E-state index in [4.69, 9.17) is 0 Å². The molecule has 0 aliphatic carbocycles. The largest absolute Gasteiger partial charge is 0.367 e. The second-order valence-electron chi connectivity index (χ2n) is 6.72. The summed E-state index contributed by atoms with van der Waals surface area (Å²) >= 11 is 0. The minimum absolute atomic E-state index is 0.0447. The van der Waals surface area contributed by atoms with Crippen molar-refractivity contribution >= 4 is 21.6 Å². The van der Waals surface area contributed by atoms with Gasteiger partial charge >= 0.3 is 0 Å². The third kappa shape index (κ3) is 4.69. The Morgan fingerprint density at radius 1 is 1.04 bits per heavy atom. The molecule has 0 aromatic heterocycles. The molecule has 1 aliphatic rings. The number of amides is 1. The van der Waals surface area contributed by atoms with Crippen LogP contribution in [-0.4, -0.2) is 57.1 Å². The van der Waals surface area contributed by atoms with Crippen molar-refractivity contribution in [1.82, 2.24) is 9.62 Å². The van der Waals surface area contributed by atoms with E-state index in [-0.39, 0.29) is 24.0 Å². The second kappa shape index (κ2) is 8.70. The second-order valence-corrected chi connectivity index (χ2v) is 8.81. The lowest BCUT2D eigenvalue weighted by atomic mass is 10.1. The van der Waals surface area contributed by atoms with Crippen molar-refractivity contribution in [3.05, 3.63) is 65.5 Å². The first-order valence-corrected chi connectivity index (χ1v) is 10.8. The standard InChI is InChI=1S/C20H24FN3O3S/c1-16-6-2-3-7-17(16)20(25)22-10-15-28(26,27)24-13-11-23(12-14-24)19-9-5-4-8-18(19)21/h2-9H,10-15H2,1H3,(H,22,25). The molecular weight excluding hydrogens is 381 g/mol. The van der Waals surface area contributed by atoms with E-state index in [9.17, 15) is 17.6 Å². The Hall–Kier alpha value is -2.45. The Morgan fingerprint density at radius 2 is 1.68 bits per heavy atom. The van der Waals surface area contributed by atoms with Gasteiger partial charge in [0.25, 0.3) is 5.91 Å². The lowest BCUT2D eigenvalue weighted by Gasteiger charge is -2.35. The summed E-state index contributed by atoms with van der Waals surface area (Å²) in [6, 6.07) is 13.6. The van der Waals surface area contributed by atoms with Crippen molar-refractivity contribution in [3.63, 3.8) is 0 Å². The van der Waals surface area contributed by atoms with E-state index < -0.39 is 10.0 Å². The number of nitrogens with zero attached hydrogens (tertiary/aromatic N) is 2. The molecule has 0 unspecified atom stereocenters. The molecule has 1 fully saturated rings. The van der Waals surface area contributed by atoms with Crippen LogP contribution in [-0.2, 0) is 10.0 Å². The Morgan fingerprint density at radius 3 is 2.36 bits per heavy atom. The molecule has 1 heterocycles. The normalized spacial score (nSPS) is 15.4. The van der Waals surface area contributed by atoms with Crippen LogP contribution in [0.25, 0.3) is 0 Å². The smallest absolute Gasteiger partial charge is 0.251 e. The van der Waals surface area contributed by atoms with Gasteiger partial charge in [-0.2, -0.15) is 4.31 Å². The summed E-state index contributed by atoms with van der Waals surface area (Å²) in [6.07, 6.45) is 0. The maximum absolute atomic E-state index is 13.9. The van der Waals surface area contributed by atoms with E-state index in [2.05, 4.69) is 5.32 Å². The van der Waals surface area contributed by atoms with E-state index in [1.165, 1.54) is 10.4 Å². The Labute approximate surface area is 165 Å². The highest BCUT2D eigenvalue weighted by Crippen LogP contribution is 2.21. The number of hydrogen-bond acceptors (Lipinski definition) is 4. The molecule has 1 amide bonds. The molecule has 3 rings (SSSR count). The number of para-hydroxylation sites is 1. The zero-order valence-corrected chi connectivity index (χ0v) is 16.6. The van der Waals surface area contributed by atoms with Gasteiger partial charge in [0, 0.05) is 38.3 Å². The van der Waals surface area contributed by atoms with Crippen molar-refractivity contribution in [1.29, 1.82) is 0 Å². The van der Waals surface area contributed by atoms with Gasteiger partial charge in [-0.05, 0) is 30.7 Å². The molecule has 2 aromatic carbocycles. The molecule has 1 saturated heterocycles. The summed E-state index contributed by atoms with van der Waals surface area (Å²) in [5.41, 5.74) is 1.87. The van der Waals surface area contributed by atoms with E-state index in [0.717, 1.165) is 5.56 Å². The Bertz CT molecular complexity index is 941. The van der Waals surface area contributed by atoms with Crippen molar-refractivity contribution in [2.75, 3.05) is 43.4 Å². The lowest BCUT2D eigenvalue weighted by Crippen LogP contribution is -2.50. The molecule has 1 N–H and O–H groups in total. The third-order valence-corrected chi connectivity index (χ3v) is 6.73. The number of carbonyl (C=O) groups is 1. The van der Waals surface area contributed by atoms with Gasteiger partial charge in [0.05, 0.1) is 11.4 Å². The number of anilines is 1. The predicted molar refractivity (Wildman–Crippen MR) is 107 cm³/mol. The number of benzene rings is 2. The van der Waals surface area contributed by atoms with Crippen LogP contribution in [0.5, 0.6) is 0 Å². The molecule has 150 valence electrons. The van der Waals surface area contributed by atoms with Gasteiger partial charge in [-0.15, -0.1) is 0 Å². The van der Waals surface area contributed by atoms with Gasteiger partial charge in [0.1, 0.15) is 5.82 Å². The highest BCUT2D eigenvalue weighted by atomic mass is 32.2. The van der Waals surface area contributed by atoms with E-state index in [1.807, 2.05) is 24.0 Å². The number of aryl methyl sites for hydroxylation is 1. The van der Waals surface area contributed by atoms with Gasteiger partial charge in [0.2, 0.25) is 10.0 Å². The van der Waals surface area contributed by atoms with E-state index >= 15 is 0 Å². The van der Waals surface area contributed by atoms with Crippen LogP contribution in [0.4, 0.5) is 10.1 Å².